The molecule has 0 saturated heterocycles. The van der Waals surface area contributed by atoms with Crippen LogP contribution in [0.1, 0.15) is 0 Å². The third-order valence-electron chi connectivity index (χ3n) is 3.70. The molecule has 24 heavy (non-hydrogen) atoms. The molecule has 2 aromatic rings. The highest BCUT2D eigenvalue weighted by Gasteiger charge is 2.26. The van der Waals surface area contributed by atoms with Gasteiger partial charge >= 0.3 is 6.03 Å². The molecule has 1 aromatic heterocycles. The molecule has 0 radical (unpaired) electrons. The molecule has 1 atom stereocenters. The number of hydrogen-bond acceptors (Lipinski definition) is 4. The first kappa shape index (κ1) is 14.1. The molecular formula is C17H12N4O3. The summed E-state index contributed by atoms with van der Waals surface area (Å²) < 4.78 is 5.25. The summed E-state index contributed by atoms with van der Waals surface area (Å²) in [5.74, 6) is 0.345. The summed E-state index contributed by atoms with van der Waals surface area (Å²) >= 11 is 0. The predicted octanol–water partition coefficient (Wildman–Crippen LogP) is 2.31. The number of fused-ring (bicyclic) bond motifs is 1. The minimum atomic E-state index is -0.391. The summed E-state index contributed by atoms with van der Waals surface area (Å²) in [6, 6.07) is 6.63. The van der Waals surface area contributed by atoms with Gasteiger partial charge in [0.05, 0.1) is 18.0 Å². The van der Waals surface area contributed by atoms with Crippen LogP contribution in [0, 0.1) is 0 Å². The molecule has 2 aliphatic rings. The van der Waals surface area contributed by atoms with Gasteiger partial charge < -0.3 is 15.1 Å². The number of aliphatic imine (C=N–C) groups is 1. The van der Waals surface area contributed by atoms with E-state index in [1.54, 1.807) is 36.6 Å². The zero-order chi connectivity index (χ0) is 16.5. The summed E-state index contributed by atoms with van der Waals surface area (Å²) in [7, 11) is 0. The number of hydrogen-bond donors (Lipinski definition) is 2. The van der Waals surface area contributed by atoms with Crippen molar-refractivity contribution in [3.8, 4) is 11.3 Å². The minimum absolute atomic E-state index is 0.246. The Balaban J connectivity index is 1.54. The van der Waals surface area contributed by atoms with Gasteiger partial charge in [-0.15, -0.1) is 0 Å². The van der Waals surface area contributed by atoms with E-state index in [0.29, 0.717) is 22.7 Å². The predicted molar refractivity (Wildman–Crippen MR) is 87.5 cm³/mol. The maximum atomic E-state index is 12.4. The molecule has 2 heterocycles. The maximum absolute atomic E-state index is 12.4. The van der Waals surface area contributed by atoms with Gasteiger partial charge in [0, 0.05) is 16.8 Å². The van der Waals surface area contributed by atoms with Crippen molar-refractivity contribution in [3.05, 3.63) is 60.7 Å². The van der Waals surface area contributed by atoms with Gasteiger partial charge in [0.1, 0.15) is 0 Å². The van der Waals surface area contributed by atoms with Gasteiger partial charge in [0.25, 0.3) is 5.91 Å². The number of carbonyl (C=O) groups excluding carboxylic acids is 2. The number of rotatable bonds is 3. The number of aromatic nitrogens is 1. The van der Waals surface area contributed by atoms with E-state index in [1.807, 2.05) is 12.1 Å². The molecule has 0 saturated carbocycles. The van der Waals surface area contributed by atoms with E-state index in [1.165, 1.54) is 6.39 Å². The van der Waals surface area contributed by atoms with Crippen molar-refractivity contribution in [3.63, 3.8) is 0 Å². The van der Waals surface area contributed by atoms with Crippen LogP contribution < -0.4 is 10.6 Å². The van der Waals surface area contributed by atoms with Crippen LogP contribution in [-0.4, -0.2) is 28.7 Å². The Bertz CT molecular complexity index is 910. The zero-order valence-electron chi connectivity index (χ0n) is 12.4. The number of carbonyl (C=O) groups is 2. The molecule has 7 nitrogen and oxygen atoms in total. The molecule has 1 aliphatic carbocycles. The number of anilines is 1. The molecular weight excluding hydrogens is 308 g/mol. The lowest BCUT2D eigenvalue weighted by Gasteiger charge is -2.13. The van der Waals surface area contributed by atoms with Gasteiger partial charge in [-0.25, -0.2) is 9.78 Å². The van der Waals surface area contributed by atoms with Crippen LogP contribution in [0.4, 0.5) is 10.5 Å². The summed E-state index contributed by atoms with van der Waals surface area (Å²) in [4.78, 5) is 31.4. The third-order valence-corrected chi connectivity index (χ3v) is 3.70. The number of benzene rings is 1. The number of nitrogens with one attached hydrogen (secondary N) is 2. The van der Waals surface area contributed by atoms with Crippen LogP contribution >= 0.6 is 0 Å². The zero-order valence-corrected chi connectivity index (χ0v) is 12.4. The second-order valence-electron chi connectivity index (χ2n) is 5.32. The first-order valence-electron chi connectivity index (χ1n) is 7.28. The Morgan fingerprint density at radius 1 is 1.33 bits per heavy atom. The monoisotopic (exact) mass is 320 g/mol. The van der Waals surface area contributed by atoms with Gasteiger partial charge in [-0.3, -0.25) is 4.79 Å². The highest BCUT2D eigenvalue weighted by molar-refractivity contribution is 6.18. The normalized spacial score (nSPS) is 18.5. The fraction of sp³-hybridized carbons (Fsp3) is 0.0588. The van der Waals surface area contributed by atoms with E-state index in [0.717, 1.165) is 5.56 Å². The van der Waals surface area contributed by atoms with Crippen molar-refractivity contribution in [1.29, 1.82) is 0 Å². The molecule has 0 bridgehead atoms. The van der Waals surface area contributed by atoms with E-state index >= 15 is 0 Å². The Labute approximate surface area is 136 Å². The molecule has 2 N–H and O–H groups in total. The summed E-state index contributed by atoms with van der Waals surface area (Å²) in [5, 5.41) is 5.49. The van der Waals surface area contributed by atoms with E-state index in [2.05, 4.69) is 20.6 Å². The Hall–Kier alpha value is -3.48. The van der Waals surface area contributed by atoms with E-state index in [4.69, 9.17) is 4.42 Å². The van der Waals surface area contributed by atoms with Crippen LogP contribution in [0.15, 0.2) is 70.1 Å². The Kier molecular flexibility index (Phi) is 3.31. The van der Waals surface area contributed by atoms with Gasteiger partial charge in [0.15, 0.2) is 12.2 Å². The number of urea groups is 1. The van der Waals surface area contributed by atoms with Gasteiger partial charge in [0.2, 0.25) is 0 Å². The second-order valence-corrected chi connectivity index (χ2v) is 5.32. The quantitative estimate of drug-likeness (QED) is 0.907. The molecule has 3 amide bonds. The highest BCUT2D eigenvalue weighted by Crippen LogP contribution is 2.23. The fourth-order valence-corrected chi connectivity index (χ4v) is 2.56. The van der Waals surface area contributed by atoms with Crippen LogP contribution in [0.2, 0.25) is 0 Å². The van der Waals surface area contributed by atoms with Gasteiger partial charge in [-0.1, -0.05) is 24.3 Å². The fourth-order valence-electron chi connectivity index (χ4n) is 2.56. The molecule has 4 rings (SSSR count). The van der Waals surface area contributed by atoms with Crippen LogP contribution in [0.3, 0.4) is 0 Å². The number of amides is 3. The first-order chi connectivity index (χ1) is 11.7. The average Bonchev–Trinajstić information content (AvgIpc) is 3.22. The lowest BCUT2D eigenvalue weighted by atomic mass is 10.0. The summed E-state index contributed by atoms with van der Waals surface area (Å²) in [6.07, 6.45) is 7.98. The molecule has 0 fully saturated rings. The van der Waals surface area contributed by atoms with Crippen molar-refractivity contribution < 1.29 is 14.0 Å². The third kappa shape index (κ3) is 2.63. The maximum Gasteiger partial charge on any atom is 0.342 e. The van der Waals surface area contributed by atoms with E-state index in [9.17, 15) is 9.59 Å². The Morgan fingerprint density at radius 2 is 2.25 bits per heavy atom. The van der Waals surface area contributed by atoms with Crippen molar-refractivity contribution in [1.82, 2.24) is 10.3 Å². The highest BCUT2D eigenvalue weighted by atomic mass is 16.3. The molecule has 1 aliphatic heterocycles. The number of oxazole rings is 1. The minimum Gasteiger partial charge on any atom is -0.444 e. The van der Waals surface area contributed by atoms with Crippen LogP contribution in [0.5, 0.6) is 0 Å². The average molecular weight is 320 g/mol. The first-order valence-corrected chi connectivity index (χ1v) is 7.28. The van der Waals surface area contributed by atoms with Gasteiger partial charge in [-0.05, 0) is 18.2 Å². The van der Waals surface area contributed by atoms with Crippen molar-refractivity contribution in [2.24, 2.45) is 4.99 Å². The topological polar surface area (TPSA) is 96.6 Å². The van der Waals surface area contributed by atoms with Crippen LogP contribution in [0.25, 0.3) is 11.3 Å². The lowest BCUT2D eigenvalue weighted by Crippen LogP contribution is -2.31. The molecule has 1 aromatic carbocycles. The number of nitrogens with zero attached hydrogens (tertiary/aromatic N) is 2. The largest absolute Gasteiger partial charge is 0.444 e. The van der Waals surface area contributed by atoms with Gasteiger partial charge in [-0.2, -0.15) is 4.99 Å². The summed E-state index contributed by atoms with van der Waals surface area (Å²) in [5.41, 5.74) is 2.43. The smallest absolute Gasteiger partial charge is 0.342 e. The van der Waals surface area contributed by atoms with Crippen molar-refractivity contribution in [2.75, 3.05) is 5.32 Å². The van der Waals surface area contributed by atoms with Crippen LogP contribution in [-0.2, 0) is 4.79 Å². The van der Waals surface area contributed by atoms with E-state index in [-0.39, 0.29) is 11.9 Å². The molecule has 7 heteroatoms. The van der Waals surface area contributed by atoms with E-state index < -0.39 is 6.03 Å². The molecule has 1 unspecified atom stereocenters. The van der Waals surface area contributed by atoms with Crippen molar-refractivity contribution >= 4 is 23.3 Å². The SMILES string of the molecule is O=C1N=C2C=C(C(=O)Nc3cccc(-c4cnco4)c3)C=CC2N1. The summed E-state index contributed by atoms with van der Waals surface area (Å²) in [6.45, 7) is 0. The van der Waals surface area contributed by atoms with Crippen molar-refractivity contribution in [2.45, 2.75) is 6.04 Å². The second kappa shape index (κ2) is 5.62. The Morgan fingerprint density at radius 3 is 3.08 bits per heavy atom. The standard InChI is InChI=1S/C17H12N4O3/c22-16(11-4-5-13-14(7-11)21-17(23)20-13)19-12-3-1-2-10(6-12)15-8-18-9-24-15/h1-9,13H,(H,19,22)(H,20,23). The lowest BCUT2D eigenvalue weighted by molar-refractivity contribution is -0.112. The molecule has 0 spiro atoms. The molecule has 118 valence electrons.